The molecule has 1 aromatic rings. The van der Waals surface area contributed by atoms with Gasteiger partial charge >= 0.3 is 0 Å². The molecular weight excluding hydrogens is 268 g/mol. The number of nitrogen functional groups attached to an aromatic ring is 1. The van der Waals surface area contributed by atoms with Crippen LogP contribution >= 0.6 is 11.8 Å². The first-order chi connectivity index (χ1) is 9.54. The van der Waals surface area contributed by atoms with E-state index in [-0.39, 0.29) is 5.91 Å². The minimum atomic E-state index is 0.0712. The Kier molecular flexibility index (Phi) is 5.35. The molecule has 0 heterocycles. The fourth-order valence-electron chi connectivity index (χ4n) is 2.68. The van der Waals surface area contributed by atoms with Crippen molar-refractivity contribution in [1.82, 2.24) is 0 Å². The third-order valence-electron chi connectivity index (χ3n) is 3.87. The van der Waals surface area contributed by atoms with Crippen LogP contribution < -0.4 is 11.1 Å². The van der Waals surface area contributed by atoms with Crippen molar-refractivity contribution in [3.8, 4) is 0 Å². The third kappa shape index (κ3) is 4.44. The molecule has 1 fully saturated rings. The van der Waals surface area contributed by atoms with Crippen LogP contribution in [0.1, 0.15) is 38.2 Å². The Morgan fingerprint density at radius 2 is 2.25 bits per heavy atom. The zero-order chi connectivity index (χ0) is 14.5. The van der Waals surface area contributed by atoms with Gasteiger partial charge in [-0.25, -0.2) is 0 Å². The first-order valence-electron chi connectivity index (χ1n) is 7.32. The number of amides is 1. The van der Waals surface area contributed by atoms with E-state index in [4.69, 9.17) is 5.73 Å². The maximum Gasteiger partial charge on any atom is 0.234 e. The lowest BCUT2D eigenvalue weighted by atomic mass is 9.91. The Morgan fingerprint density at radius 3 is 3.00 bits per heavy atom. The van der Waals surface area contributed by atoms with Crippen LogP contribution in [0.2, 0.25) is 0 Å². The Hall–Kier alpha value is -1.16. The Balaban J connectivity index is 1.82. The van der Waals surface area contributed by atoms with Gasteiger partial charge in [-0.3, -0.25) is 4.79 Å². The molecule has 1 aliphatic rings. The lowest BCUT2D eigenvalue weighted by molar-refractivity contribution is -0.113. The molecule has 1 aliphatic carbocycles. The van der Waals surface area contributed by atoms with Gasteiger partial charge in [-0.15, -0.1) is 11.8 Å². The Morgan fingerprint density at radius 1 is 1.45 bits per heavy atom. The topological polar surface area (TPSA) is 55.1 Å². The summed E-state index contributed by atoms with van der Waals surface area (Å²) in [5, 5.41) is 3.61. The summed E-state index contributed by atoms with van der Waals surface area (Å²) < 4.78 is 0. The van der Waals surface area contributed by atoms with Crippen LogP contribution in [0.4, 0.5) is 11.4 Å². The van der Waals surface area contributed by atoms with Gasteiger partial charge in [0.15, 0.2) is 0 Å². The molecule has 3 N–H and O–H groups in total. The molecule has 2 atom stereocenters. The molecular formula is C16H24N2OS. The van der Waals surface area contributed by atoms with Crippen LogP contribution in [0.25, 0.3) is 0 Å². The van der Waals surface area contributed by atoms with Crippen LogP contribution in [-0.4, -0.2) is 16.9 Å². The number of nitrogens with one attached hydrogen (secondary N) is 1. The van der Waals surface area contributed by atoms with E-state index in [9.17, 15) is 4.79 Å². The van der Waals surface area contributed by atoms with E-state index in [1.54, 1.807) is 11.8 Å². The van der Waals surface area contributed by atoms with Crippen LogP contribution in [-0.2, 0) is 4.79 Å². The first-order valence-corrected chi connectivity index (χ1v) is 8.37. The molecule has 3 nitrogen and oxygen atoms in total. The van der Waals surface area contributed by atoms with E-state index in [2.05, 4.69) is 12.2 Å². The summed E-state index contributed by atoms with van der Waals surface area (Å²) in [4.78, 5) is 12.0. The van der Waals surface area contributed by atoms with Crippen LogP contribution in [0.5, 0.6) is 0 Å². The first kappa shape index (κ1) is 15.2. The molecule has 0 bridgehead atoms. The number of nitrogens with two attached hydrogens (primary N) is 1. The van der Waals surface area contributed by atoms with E-state index in [1.165, 1.54) is 25.7 Å². The molecule has 2 rings (SSSR count). The standard InChI is InChI=1S/C16H24N2OS/c1-11-4-3-5-14(8-11)20-10-16(19)18-15-9-13(17)7-6-12(15)2/h6-7,9,11,14H,3-5,8,10,17H2,1-2H3,(H,18,19). The molecule has 0 radical (unpaired) electrons. The summed E-state index contributed by atoms with van der Waals surface area (Å²) in [7, 11) is 0. The van der Waals surface area contributed by atoms with E-state index in [0.717, 1.165) is 17.2 Å². The average molecular weight is 292 g/mol. The van der Waals surface area contributed by atoms with Gasteiger partial charge in [0.05, 0.1) is 5.75 Å². The number of thioether (sulfide) groups is 1. The second-order valence-corrected chi connectivity index (χ2v) is 7.12. The van der Waals surface area contributed by atoms with Crippen molar-refractivity contribution in [1.29, 1.82) is 0 Å². The van der Waals surface area contributed by atoms with Gasteiger partial charge in [-0.05, 0) is 43.4 Å². The minimum absolute atomic E-state index is 0.0712. The number of aryl methyl sites for hydroxylation is 1. The van der Waals surface area contributed by atoms with E-state index >= 15 is 0 Å². The summed E-state index contributed by atoms with van der Waals surface area (Å²) in [5.74, 6) is 1.41. The molecule has 0 saturated heterocycles. The van der Waals surface area contributed by atoms with Gasteiger partial charge in [0.25, 0.3) is 0 Å². The van der Waals surface area contributed by atoms with Crippen LogP contribution in [0.3, 0.4) is 0 Å². The van der Waals surface area contributed by atoms with Crippen molar-refractivity contribution in [3.05, 3.63) is 23.8 Å². The van der Waals surface area contributed by atoms with Gasteiger partial charge in [0.2, 0.25) is 5.91 Å². The van der Waals surface area contributed by atoms with Gasteiger partial charge in [0, 0.05) is 16.6 Å². The number of rotatable bonds is 4. The summed E-state index contributed by atoms with van der Waals surface area (Å²) in [6.45, 7) is 4.29. The van der Waals surface area contributed by atoms with Crippen molar-refractivity contribution >= 4 is 29.0 Å². The molecule has 4 heteroatoms. The molecule has 1 saturated carbocycles. The fraction of sp³-hybridized carbons (Fsp3) is 0.562. The van der Waals surface area contributed by atoms with Gasteiger partial charge in [-0.2, -0.15) is 0 Å². The lowest BCUT2D eigenvalue weighted by Gasteiger charge is -2.26. The van der Waals surface area contributed by atoms with E-state index in [0.29, 0.717) is 16.7 Å². The molecule has 20 heavy (non-hydrogen) atoms. The monoisotopic (exact) mass is 292 g/mol. The number of hydrogen-bond donors (Lipinski definition) is 2. The van der Waals surface area contributed by atoms with Crippen molar-refractivity contribution in [2.24, 2.45) is 5.92 Å². The highest BCUT2D eigenvalue weighted by Crippen LogP contribution is 2.32. The average Bonchev–Trinajstić information content (AvgIpc) is 2.41. The number of hydrogen-bond acceptors (Lipinski definition) is 3. The van der Waals surface area contributed by atoms with Crippen LogP contribution in [0.15, 0.2) is 18.2 Å². The van der Waals surface area contributed by atoms with Gasteiger partial charge < -0.3 is 11.1 Å². The second kappa shape index (κ2) is 7.02. The maximum absolute atomic E-state index is 12.0. The highest BCUT2D eigenvalue weighted by Gasteiger charge is 2.20. The SMILES string of the molecule is Cc1ccc(N)cc1NC(=O)CSC1CCCC(C)C1. The van der Waals surface area contributed by atoms with Gasteiger partial charge in [-0.1, -0.05) is 25.8 Å². The number of carbonyl (C=O) groups excluding carboxylic acids is 1. The minimum Gasteiger partial charge on any atom is -0.399 e. The molecule has 1 aromatic carbocycles. The van der Waals surface area contributed by atoms with E-state index < -0.39 is 0 Å². The molecule has 0 spiro atoms. The number of carbonyl (C=O) groups is 1. The van der Waals surface area contributed by atoms with Crippen molar-refractivity contribution in [2.75, 3.05) is 16.8 Å². The fourth-order valence-corrected chi connectivity index (χ4v) is 3.94. The second-order valence-electron chi connectivity index (χ2n) is 5.83. The largest absolute Gasteiger partial charge is 0.399 e. The molecule has 0 aliphatic heterocycles. The van der Waals surface area contributed by atoms with Crippen molar-refractivity contribution < 1.29 is 4.79 Å². The maximum atomic E-state index is 12.0. The van der Waals surface area contributed by atoms with E-state index in [1.807, 2.05) is 25.1 Å². The quantitative estimate of drug-likeness (QED) is 0.829. The van der Waals surface area contributed by atoms with Gasteiger partial charge in [0.1, 0.15) is 0 Å². The zero-order valence-electron chi connectivity index (χ0n) is 12.3. The summed E-state index contributed by atoms with van der Waals surface area (Å²) in [5.41, 5.74) is 8.30. The summed E-state index contributed by atoms with van der Waals surface area (Å²) in [6.07, 6.45) is 5.13. The summed E-state index contributed by atoms with van der Waals surface area (Å²) >= 11 is 1.80. The number of anilines is 2. The predicted molar refractivity (Wildman–Crippen MR) is 88.1 cm³/mol. The Bertz CT molecular complexity index is 476. The van der Waals surface area contributed by atoms with Crippen molar-refractivity contribution in [2.45, 2.75) is 44.8 Å². The molecule has 0 aromatic heterocycles. The molecule has 2 unspecified atom stereocenters. The summed E-state index contributed by atoms with van der Waals surface area (Å²) in [6, 6.07) is 5.60. The number of benzene rings is 1. The smallest absolute Gasteiger partial charge is 0.234 e. The third-order valence-corrected chi connectivity index (χ3v) is 5.20. The van der Waals surface area contributed by atoms with Crippen molar-refractivity contribution in [3.63, 3.8) is 0 Å². The molecule has 110 valence electrons. The normalized spacial score (nSPS) is 22.5. The highest BCUT2D eigenvalue weighted by molar-refractivity contribution is 8.00. The lowest BCUT2D eigenvalue weighted by Crippen LogP contribution is -2.20. The highest BCUT2D eigenvalue weighted by atomic mass is 32.2. The van der Waals surface area contributed by atoms with Crippen LogP contribution in [0, 0.1) is 12.8 Å². The Labute approximate surface area is 125 Å². The zero-order valence-corrected chi connectivity index (χ0v) is 13.1. The predicted octanol–water partition coefficient (Wildman–Crippen LogP) is 3.83. The molecule has 1 amide bonds.